The molecule has 16 heteroatoms. The van der Waals surface area contributed by atoms with E-state index in [0.29, 0.717) is 85.5 Å². The molecule has 286 valence electrons. The lowest BCUT2D eigenvalue weighted by atomic mass is 10.1. The smallest absolute Gasteiger partial charge is 0.306 e. The van der Waals surface area contributed by atoms with Crippen molar-refractivity contribution in [1.82, 2.24) is 4.90 Å². The zero-order valence-corrected chi connectivity index (χ0v) is 29.9. The van der Waals surface area contributed by atoms with E-state index in [1.165, 1.54) is 17.1 Å². The Morgan fingerprint density at radius 2 is 1.33 bits per heavy atom. The van der Waals surface area contributed by atoms with E-state index in [0.717, 1.165) is 12.9 Å². The minimum Gasteiger partial charge on any atom is -0.469 e. The summed E-state index contributed by atoms with van der Waals surface area (Å²) in [5, 5.41) is 17.6. The molecule has 2 rings (SSSR count). The zero-order valence-electron chi connectivity index (χ0n) is 29.9. The average molecular weight is 709 g/mol. The molecule has 16 nitrogen and oxygen atoms in total. The average Bonchev–Trinajstić information content (AvgIpc) is 3.73. The Hall–Kier alpha value is -2.93. The fourth-order valence-electron chi connectivity index (χ4n) is 3.70. The molecule has 1 unspecified atom stereocenters. The van der Waals surface area contributed by atoms with Gasteiger partial charge in [0.2, 0.25) is 5.91 Å². The molecule has 1 atom stereocenters. The summed E-state index contributed by atoms with van der Waals surface area (Å²) < 4.78 is 45.1. The molecule has 1 aromatic heterocycles. The highest BCUT2D eigenvalue weighted by Crippen LogP contribution is 2.26. The molecule has 0 radical (unpaired) electrons. The van der Waals surface area contributed by atoms with E-state index >= 15 is 0 Å². The van der Waals surface area contributed by atoms with Crippen LogP contribution in [0.3, 0.4) is 0 Å². The van der Waals surface area contributed by atoms with E-state index in [2.05, 4.69) is 0 Å². The summed E-state index contributed by atoms with van der Waals surface area (Å²) in [6.45, 7) is 10.2. The summed E-state index contributed by atoms with van der Waals surface area (Å²) in [7, 11) is 4.25. The van der Waals surface area contributed by atoms with Crippen LogP contribution in [0.4, 0.5) is 0 Å². The van der Waals surface area contributed by atoms with Gasteiger partial charge in [-0.25, -0.2) is 0 Å². The Bertz CT molecular complexity index is 925. The van der Waals surface area contributed by atoms with Crippen molar-refractivity contribution in [3.05, 3.63) is 36.3 Å². The number of carbonyl (C=O) groups excluding carboxylic acids is 3. The second kappa shape index (κ2) is 34.9. The first kappa shape index (κ1) is 48.2. The Morgan fingerprint density at radius 1 is 0.816 bits per heavy atom. The molecule has 0 spiro atoms. The van der Waals surface area contributed by atoms with Crippen LogP contribution in [-0.4, -0.2) is 152 Å². The van der Waals surface area contributed by atoms with Gasteiger partial charge in [-0.15, -0.1) is 0 Å². The standard InChI is InChI=1S/C16H27NO7.C9H12O3.C7H17NO3.CH4O/c1-3-24-15(19)5-7-16(20)6-4-14(18)17(16)8-9-22-12-13-23-11-10-21-2;1-2-11-9(10)6-5-8-4-3-7-12-8;1-9-4-5-11-7-6-10-3-2-8;1-2/h4,6,20H,3,5,7-13H2,1-2H3;3-4,7H,2,5-6H2,1H3;2-8H2,1H3;2H,1H3. The number of nitrogens with zero attached hydrogens (tertiary/aromatic N) is 1. The molecule has 0 saturated carbocycles. The third-order valence-electron chi connectivity index (χ3n) is 6.02. The topological polar surface area (TPSA) is 208 Å². The predicted octanol–water partition coefficient (Wildman–Crippen LogP) is 1.10. The number of methoxy groups -OCH3 is 2. The largest absolute Gasteiger partial charge is 0.469 e. The van der Waals surface area contributed by atoms with Gasteiger partial charge < -0.3 is 63.2 Å². The number of carbonyl (C=O) groups is 3. The summed E-state index contributed by atoms with van der Waals surface area (Å²) in [4.78, 5) is 35.5. The summed E-state index contributed by atoms with van der Waals surface area (Å²) in [6.07, 6.45) is 5.44. The Labute approximate surface area is 290 Å². The van der Waals surface area contributed by atoms with Gasteiger partial charge in [-0.2, -0.15) is 0 Å². The van der Waals surface area contributed by atoms with Crippen molar-refractivity contribution in [3.63, 3.8) is 0 Å². The van der Waals surface area contributed by atoms with Crippen molar-refractivity contribution in [2.24, 2.45) is 5.73 Å². The van der Waals surface area contributed by atoms with Gasteiger partial charge in [0.05, 0.1) is 98.4 Å². The number of hydrogen-bond donors (Lipinski definition) is 3. The molecule has 1 aromatic rings. The number of rotatable bonds is 25. The van der Waals surface area contributed by atoms with Gasteiger partial charge in [0.1, 0.15) is 5.76 Å². The van der Waals surface area contributed by atoms with Gasteiger partial charge in [0.15, 0.2) is 5.72 Å². The van der Waals surface area contributed by atoms with Gasteiger partial charge in [0.25, 0.3) is 0 Å². The molecule has 1 aliphatic heterocycles. The Kier molecular flexibility index (Phi) is 34.3. The fourth-order valence-corrected chi connectivity index (χ4v) is 3.70. The lowest BCUT2D eigenvalue weighted by Gasteiger charge is -2.33. The first-order chi connectivity index (χ1) is 23.8. The van der Waals surface area contributed by atoms with Crippen molar-refractivity contribution in [2.75, 3.05) is 114 Å². The number of amides is 1. The second-order valence-corrected chi connectivity index (χ2v) is 9.61. The molecule has 0 aliphatic carbocycles. The van der Waals surface area contributed by atoms with Gasteiger partial charge in [-0.05, 0) is 32.1 Å². The van der Waals surface area contributed by atoms with Crippen LogP contribution in [0.15, 0.2) is 35.0 Å². The molecule has 1 aliphatic rings. The lowest BCUT2D eigenvalue weighted by Crippen LogP contribution is -2.48. The third-order valence-corrected chi connectivity index (χ3v) is 6.02. The lowest BCUT2D eigenvalue weighted by molar-refractivity contribution is -0.152. The first-order valence-corrected chi connectivity index (χ1v) is 16.3. The number of furan rings is 1. The quantitative estimate of drug-likeness (QED) is 0.0960. The van der Waals surface area contributed by atoms with Crippen molar-refractivity contribution in [3.8, 4) is 0 Å². The second-order valence-electron chi connectivity index (χ2n) is 9.61. The summed E-state index contributed by atoms with van der Waals surface area (Å²) in [5.74, 6) is -0.0543. The number of aliphatic hydroxyl groups is 2. The van der Waals surface area contributed by atoms with E-state index in [-0.39, 0.29) is 44.5 Å². The van der Waals surface area contributed by atoms with Crippen LogP contribution in [0.2, 0.25) is 0 Å². The van der Waals surface area contributed by atoms with Gasteiger partial charge in [-0.1, -0.05) is 0 Å². The van der Waals surface area contributed by atoms with E-state index in [4.69, 9.17) is 53.2 Å². The molecule has 0 saturated heterocycles. The number of ether oxygens (including phenoxy) is 8. The minimum atomic E-state index is -1.47. The number of aliphatic hydroxyl groups excluding tert-OH is 1. The highest BCUT2D eigenvalue weighted by molar-refractivity contribution is 5.91. The Balaban J connectivity index is 0. The van der Waals surface area contributed by atoms with E-state index in [9.17, 15) is 19.5 Å². The highest BCUT2D eigenvalue weighted by Gasteiger charge is 2.39. The summed E-state index contributed by atoms with van der Waals surface area (Å²) >= 11 is 0. The number of esters is 2. The van der Waals surface area contributed by atoms with Crippen LogP contribution in [0.5, 0.6) is 0 Å². The van der Waals surface area contributed by atoms with E-state index < -0.39 is 11.7 Å². The number of aryl methyl sites for hydroxylation is 1. The van der Waals surface area contributed by atoms with E-state index in [1.54, 1.807) is 40.4 Å². The molecule has 0 aromatic carbocycles. The SMILES string of the molecule is CCOC(=O)CCC1(O)C=CC(=O)N1CCOCCOCCOC.CCOC(=O)CCc1ccco1.CO.COCCOCCOCCN. The molecular weight excluding hydrogens is 648 g/mol. The monoisotopic (exact) mass is 708 g/mol. The molecule has 1 amide bonds. The van der Waals surface area contributed by atoms with Crippen LogP contribution in [0, 0.1) is 0 Å². The van der Waals surface area contributed by atoms with Gasteiger partial charge in [-0.3, -0.25) is 14.4 Å². The molecule has 2 heterocycles. The number of nitrogens with two attached hydrogens (primary N) is 1. The van der Waals surface area contributed by atoms with Gasteiger partial charge >= 0.3 is 11.9 Å². The molecular formula is C33H60N2O14. The first-order valence-electron chi connectivity index (χ1n) is 16.3. The summed E-state index contributed by atoms with van der Waals surface area (Å²) in [5.41, 5.74) is 3.74. The molecule has 0 bridgehead atoms. The van der Waals surface area contributed by atoms with Crippen LogP contribution in [-0.2, 0) is 58.7 Å². The summed E-state index contributed by atoms with van der Waals surface area (Å²) in [6, 6.07) is 3.65. The maximum Gasteiger partial charge on any atom is 0.306 e. The third kappa shape index (κ3) is 27.6. The van der Waals surface area contributed by atoms with Gasteiger partial charge in [0, 0.05) is 53.3 Å². The van der Waals surface area contributed by atoms with Crippen molar-refractivity contribution in [1.29, 1.82) is 0 Å². The van der Waals surface area contributed by atoms with Crippen LogP contribution in [0.25, 0.3) is 0 Å². The fraction of sp³-hybridized carbons (Fsp3) is 0.727. The maximum absolute atomic E-state index is 11.9. The van der Waals surface area contributed by atoms with Crippen molar-refractivity contribution in [2.45, 2.75) is 45.3 Å². The zero-order chi connectivity index (χ0) is 37.0. The Morgan fingerprint density at radius 3 is 1.82 bits per heavy atom. The molecule has 49 heavy (non-hydrogen) atoms. The number of hydrogen-bond acceptors (Lipinski definition) is 15. The van der Waals surface area contributed by atoms with Crippen LogP contribution < -0.4 is 5.73 Å². The van der Waals surface area contributed by atoms with Crippen LogP contribution in [0.1, 0.15) is 38.9 Å². The van der Waals surface area contributed by atoms with Crippen molar-refractivity contribution >= 4 is 17.8 Å². The molecule has 4 N–H and O–H groups in total. The maximum atomic E-state index is 11.9. The highest BCUT2D eigenvalue weighted by atomic mass is 16.6. The van der Waals surface area contributed by atoms with Crippen LogP contribution >= 0.6 is 0 Å². The van der Waals surface area contributed by atoms with E-state index in [1.807, 2.05) is 6.07 Å². The minimum absolute atomic E-state index is 0.0344. The molecule has 0 fully saturated rings. The normalized spacial score (nSPS) is 14.6. The predicted molar refractivity (Wildman–Crippen MR) is 180 cm³/mol. The van der Waals surface area contributed by atoms with Crippen molar-refractivity contribution < 1.29 is 66.9 Å².